The van der Waals surface area contributed by atoms with Crippen LogP contribution < -0.4 is 15.5 Å². The van der Waals surface area contributed by atoms with Crippen LogP contribution in [0.4, 0.5) is 17.5 Å². The maximum atomic E-state index is 12.7. The highest BCUT2D eigenvalue weighted by Crippen LogP contribution is 2.38. The first-order valence-electron chi connectivity index (χ1n) is 11.2. The molecule has 3 heterocycles. The van der Waals surface area contributed by atoms with Gasteiger partial charge in [-0.25, -0.2) is 4.98 Å². The van der Waals surface area contributed by atoms with E-state index in [4.69, 9.17) is 4.98 Å². The molecule has 1 aromatic heterocycles. The third-order valence-corrected chi connectivity index (χ3v) is 6.37. The van der Waals surface area contributed by atoms with Gasteiger partial charge >= 0.3 is 0 Å². The van der Waals surface area contributed by atoms with Crippen molar-refractivity contribution in [3.63, 3.8) is 0 Å². The van der Waals surface area contributed by atoms with Gasteiger partial charge in [0.25, 0.3) is 5.91 Å². The van der Waals surface area contributed by atoms with Crippen molar-refractivity contribution in [2.75, 3.05) is 29.9 Å². The summed E-state index contributed by atoms with van der Waals surface area (Å²) < 4.78 is 0. The normalized spacial score (nSPS) is 22.4. The van der Waals surface area contributed by atoms with E-state index in [9.17, 15) is 9.59 Å². The molecule has 2 aromatic rings. The summed E-state index contributed by atoms with van der Waals surface area (Å²) >= 11 is 0. The van der Waals surface area contributed by atoms with Gasteiger partial charge in [0.15, 0.2) is 0 Å². The van der Waals surface area contributed by atoms with Gasteiger partial charge in [0, 0.05) is 55.1 Å². The van der Waals surface area contributed by atoms with Crippen molar-refractivity contribution in [2.24, 2.45) is 5.92 Å². The van der Waals surface area contributed by atoms with Crippen molar-refractivity contribution in [3.8, 4) is 0 Å². The number of carbonyl (C=O) groups is 2. The molecule has 1 saturated carbocycles. The van der Waals surface area contributed by atoms with Gasteiger partial charge < -0.3 is 20.4 Å². The highest BCUT2D eigenvalue weighted by atomic mass is 16.2. The molecule has 31 heavy (non-hydrogen) atoms. The van der Waals surface area contributed by atoms with Crippen LogP contribution in [0.5, 0.6) is 0 Å². The van der Waals surface area contributed by atoms with E-state index in [-0.39, 0.29) is 11.8 Å². The summed E-state index contributed by atoms with van der Waals surface area (Å²) in [6.45, 7) is 4.15. The number of rotatable bonds is 6. The molecule has 2 N–H and O–H groups in total. The molecule has 2 amide bonds. The van der Waals surface area contributed by atoms with Gasteiger partial charge in [-0.1, -0.05) is 0 Å². The van der Waals surface area contributed by atoms with E-state index in [2.05, 4.69) is 25.4 Å². The van der Waals surface area contributed by atoms with Gasteiger partial charge in [0.1, 0.15) is 5.82 Å². The Hall–Kier alpha value is -3.16. The van der Waals surface area contributed by atoms with Gasteiger partial charge in [-0.15, -0.1) is 0 Å². The Balaban J connectivity index is 1.26. The number of carbonyl (C=O) groups excluding carboxylic acids is 2. The fraction of sp³-hybridized carbons (Fsp3) is 0.478. The lowest BCUT2D eigenvalue weighted by atomic mass is 10.1. The van der Waals surface area contributed by atoms with Crippen LogP contribution in [0.25, 0.3) is 0 Å². The number of amides is 2. The standard InChI is InChI=1S/C23H28N6O2/c1-2-24-21(30)15-5-7-17(8-6-15)26-23-25-12-11-20(27-23)28-13-18-9-10-19(14-28)29(18)22(31)16-3-4-16/h5-8,11-12,16,18-19H,2-4,9-10,13-14H2,1H3,(H,24,30)(H,25,26,27)/t18-,19-/m1/s1. The van der Waals surface area contributed by atoms with E-state index in [1.807, 2.05) is 25.1 Å². The second kappa shape index (κ2) is 8.17. The van der Waals surface area contributed by atoms with Crippen LogP contribution in [0.1, 0.15) is 43.0 Å². The lowest BCUT2D eigenvalue weighted by Gasteiger charge is -2.41. The first-order chi connectivity index (χ1) is 15.1. The molecular weight excluding hydrogens is 392 g/mol. The number of hydrogen-bond acceptors (Lipinski definition) is 6. The Labute approximate surface area is 182 Å². The number of fused-ring (bicyclic) bond motifs is 2. The zero-order valence-corrected chi connectivity index (χ0v) is 17.8. The minimum Gasteiger partial charge on any atom is -0.352 e. The number of hydrogen-bond donors (Lipinski definition) is 2. The molecule has 8 heteroatoms. The van der Waals surface area contributed by atoms with Crippen molar-refractivity contribution in [2.45, 2.75) is 44.7 Å². The van der Waals surface area contributed by atoms with Crippen LogP contribution in [0, 0.1) is 5.92 Å². The average Bonchev–Trinajstić information content (AvgIpc) is 3.59. The minimum absolute atomic E-state index is 0.0822. The zero-order valence-electron chi connectivity index (χ0n) is 17.8. The number of benzene rings is 1. The van der Waals surface area contributed by atoms with Crippen LogP contribution in [0.15, 0.2) is 36.5 Å². The quantitative estimate of drug-likeness (QED) is 0.747. The van der Waals surface area contributed by atoms with E-state index in [0.717, 1.165) is 50.3 Å². The maximum absolute atomic E-state index is 12.7. The van der Waals surface area contributed by atoms with E-state index in [0.29, 0.717) is 36.0 Å². The summed E-state index contributed by atoms with van der Waals surface area (Å²) in [5.41, 5.74) is 1.45. The molecule has 0 spiro atoms. The lowest BCUT2D eigenvalue weighted by molar-refractivity contribution is -0.135. The molecule has 2 saturated heterocycles. The molecule has 1 aromatic carbocycles. The van der Waals surface area contributed by atoms with E-state index >= 15 is 0 Å². The van der Waals surface area contributed by atoms with E-state index < -0.39 is 0 Å². The van der Waals surface area contributed by atoms with Crippen LogP contribution in [-0.2, 0) is 4.79 Å². The maximum Gasteiger partial charge on any atom is 0.251 e. The molecule has 3 aliphatic rings. The Morgan fingerprint density at radius 3 is 2.39 bits per heavy atom. The van der Waals surface area contributed by atoms with Crippen molar-refractivity contribution in [3.05, 3.63) is 42.1 Å². The van der Waals surface area contributed by atoms with Gasteiger partial charge in [-0.3, -0.25) is 9.59 Å². The summed E-state index contributed by atoms with van der Waals surface area (Å²) in [5.74, 6) is 1.97. The van der Waals surface area contributed by atoms with Crippen LogP contribution in [-0.4, -0.2) is 58.4 Å². The number of aromatic nitrogens is 2. The van der Waals surface area contributed by atoms with Crippen LogP contribution >= 0.6 is 0 Å². The molecular formula is C23H28N6O2. The molecule has 162 valence electrons. The minimum atomic E-state index is -0.0822. The first kappa shape index (κ1) is 19.8. The van der Waals surface area contributed by atoms with Gasteiger partial charge in [-0.2, -0.15) is 4.98 Å². The van der Waals surface area contributed by atoms with Gasteiger partial charge in [0.05, 0.1) is 0 Å². The molecule has 0 radical (unpaired) electrons. The molecule has 2 bridgehead atoms. The van der Waals surface area contributed by atoms with Gasteiger partial charge in [-0.05, 0) is 62.9 Å². The molecule has 2 atom stereocenters. The second-order valence-electron chi connectivity index (χ2n) is 8.61. The summed E-state index contributed by atoms with van der Waals surface area (Å²) in [4.78, 5) is 38.1. The predicted molar refractivity (Wildman–Crippen MR) is 118 cm³/mol. The number of anilines is 3. The summed E-state index contributed by atoms with van der Waals surface area (Å²) in [6, 6.07) is 9.78. The summed E-state index contributed by atoms with van der Waals surface area (Å²) in [6.07, 6.45) is 6.03. The van der Waals surface area contributed by atoms with Crippen LogP contribution in [0.3, 0.4) is 0 Å². The predicted octanol–water partition coefficient (Wildman–Crippen LogP) is 2.56. The highest BCUT2D eigenvalue weighted by molar-refractivity contribution is 5.94. The smallest absolute Gasteiger partial charge is 0.251 e. The molecule has 0 unspecified atom stereocenters. The number of piperazine rings is 1. The Morgan fingerprint density at radius 1 is 1.03 bits per heavy atom. The largest absolute Gasteiger partial charge is 0.352 e. The highest BCUT2D eigenvalue weighted by Gasteiger charge is 2.46. The lowest BCUT2D eigenvalue weighted by Crippen LogP contribution is -2.56. The average molecular weight is 421 g/mol. The fourth-order valence-electron chi connectivity index (χ4n) is 4.67. The summed E-state index contributed by atoms with van der Waals surface area (Å²) in [5, 5.41) is 6.02. The van der Waals surface area contributed by atoms with E-state index in [1.165, 1.54) is 0 Å². The Kier molecular flexibility index (Phi) is 5.21. The Morgan fingerprint density at radius 2 is 1.74 bits per heavy atom. The topological polar surface area (TPSA) is 90.5 Å². The molecule has 1 aliphatic carbocycles. The number of nitrogens with zero attached hydrogens (tertiary/aromatic N) is 4. The Bertz CT molecular complexity index is 960. The number of nitrogens with one attached hydrogen (secondary N) is 2. The van der Waals surface area contributed by atoms with Gasteiger partial charge in [0.2, 0.25) is 11.9 Å². The molecule has 2 aliphatic heterocycles. The third kappa shape index (κ3) is 4.06. The second-order valence-corrected chi connectivity index (χ2v) is 8.61. The third-order valence-electron chi connectivity index (χ3n) is 6.37. The van der Waals surface area contributed by atoms with Crippen molar-refractivity contribution in [1.82, 2.24) is 20.2 Å². The molecule has 8 nitrogen and oxygen atoms in total. The summed E-state index contributed by atoms with van der Waals surface area (Å²) in [7, 11) is 0. The molecule has 3 fully saturated rings. The SMILES string of the molecule is CCNC(=O)c1ccc(Nc2nccc(N3C[C@H]4CC[C@H](C3)N4C(=O)C3CC3)n2)cc1. The van der Waals surface area contributed by atoms with Crippen molar-refractivity contribution < 1.29 is 9.59 Å². The monoisotopic (exact) mass is 420 g/mol. The first-order valence-corrected chi connectivity index (χ1v) is 11.2. The van der Waals surface area contributed by atoms with Crippen LogP contribution in [0.2, 0.25) is 0 Å². The van der Waals surface area contributed by atoms with Crippen molar-refractivity contribution in [1.29, 1.82) is 0 Å². The zero-order chi connectivity index (χ0) is 21.4. The van der Waals surface area contributed by atoms with Crippen molar-refractivity contribution >= 4 is 29.3 Å². The molecule has 5 rings (SSSR count). The van der Waals surface area contributed by atoms with E-state index in [1.54, 1.807) is 18.3 Å². The fourth-order valence-corrected chi connectivity index (χ4v) is 4.67.